The molecule has 0 spiro atoms. The fourth-order valence-electron chi connectivity index (χ4n) is 2.70. The number of halogens is 1. The number of morpholine rings is 1. The number of urea groups is 1. The summed E-state index contributed by atoms with van der Waals surface area (Å²) >= 11 is 3.50. The second-order valence-corrected chi connectivity index (χ2v) is 7.41. The zero-order chi connectivity index (χ0) is 19.9. The second-order valence-electron chi connectivity index (χ2n) is 6.55. The molecule has 0 aliphatic carbocycles. The minimum Gasteiger partial charge on any atom is -0.491 e. The summed E-state index contributed by atoms with van der Waals surface area (Å²) in [7, 11) is 0. The Balaban J connectivity index is 1.62. The molecule has 9 heteroatoms. The SMILES string of the molecule is Cc1cnc(NC(=O)Nc2cc(Br)c(C)cc2OCCC2CNCCO2)cn1. The average molecular weight is 450 g/mol. The summed E-state index contributed by atoms with van der Waals surface area (Å²) in [5.74, 6) is 0.980. The number of hydrogen-bond acceptors (Lipinski definition) is 6. The molecule has 1 aliphatic rings. The molecule has 1 aromatic heterocycles. The molecule has 1 aliphatic heterocycles. The third-order valence-electron chi connectivity index (χ3n) is 4.23. The lowest BCUT2D eigenvalue weighted by molar-refractivity contribution is 0.0159. The summed E-state index contributed by atoms with van der Waals surface area (Å²) in [6, 6.07) is 3.30. The number of rotatable bonds is 6. The van der Waals surface area contributed by atoms with E-state index in [1.54, 1.807) is 6.20 Å². The molecule has 150 valence electrons. The molecule has 0 saturated carbocycles. The highest BCUT2D eigenvalue weighted by Crippen LogP contribution is 2.31. The Kier molecular flexibility index (Phi) is 7.18. The lowest BCUT2D eigenvalue weighted by Gasteiger charge is -2.23. The van der Waals surface area contributed by atoms with Crippen molar-refractivity contribution in [2.45, 2.75) is 26.4 Å². The molecule has 1 unspecified atom stereocenters. The van der Waals surface area contributed by atoms with Gasteiger partial charge >= 0.3 is 6.03 Å². The van der Waals surface area contributed by atoms with Crippen molar-refractivity contribution in [1.82, 2.24) is 15.3 Å². The second kappa shape index (κ2) is 9.81. The van der Waals surface area contributed by atoms with Crippen molar-refractivity contribution in [2.24, 2.45) is 0 Å². The van der Waals surface area contributed by atoms with Crippen LogP contribution in [0.3, 0.4) is 0 Å². The molecule has 0 radical (unpaired) electrons. The Hall–Kier alpha value is -2.23. The minimum absolute atomic E-state index is 0.144. The number of aryl methyl sites for hydroxylation is 2. The molecule has 1 saturated heterocycles. The highest BCUT2D eigenvalue weighted by atomic mass is 79.9. The van der Waals surface area contributed by atoms with Crippen molar-refractivity contribution in [3.8, 4) is 5.75 Å². The van der Waals surface area contributed by atoms with Crippen LogP contribution in [-0.4, -0.2) is 48.4 Å². The first-order valence-corrected chi connectivity index (χ1v) is 9.92. The number of benzene rings is 1. The van der Waals surface area contributed by atoms with Crippen molar-refractivity contribution in [2.75, 3.05) is 36.9 Å². The largest absolute Gasteiger partial charge is 0.491 e. The number of nitrogens with zero attached hydrogens (tertiary/aromatic N) is 2. The van der Waals surface area contributed by atoms with E-state index in [1.807, 2.05) is 26.0 Å². The molecule has 28 heavy (non-hydrogen) atoms. The fraction of sp³-hybridized carbons (Fsp3) is 0.421. The average Bonchev–Trinajstić information content (AvgIpc) is 2.68. The highest BCUT2D eigenvalue weighted by molar-refractivity contribution is 9.10. The first kappa shape index (κ1) is 20.5. The molecule has 1 fully saturated rings. The van der Waals surface area contributed by atoms with E-state index in [2.05, 4.69) is 41.8 Å². The van der Waals surface area contributed by atoms with Gasteiger partial charge in [-0.3, -0.25) is 10.3 Å². The summed E-state index contributed by atoms with van der Waals surface area (Å²) in [5.41, 5.74) is 2.36. The molecule has 8 nitrogen and oxygen atoms in total. The topological polar surface area (TPSA) is 97.4 Å². The number of amides is 2. The molecule has 1 atom stereocenters. The van der Waals surface area contributed by atoms with Crippen molar-refractivity contribution < 1.29 is 14.3 Å². The Morgan fingerprint density at radius 3 is 2.89 bits per heavy atom. The molecule has 2 amide bonds. The summed E-state index contributed by atoms with van der Waals surface area (Å²) in [6.45, 7) is 6.73. The number of nitrogens with one attached hydrogen (secondary N) is 3. The van der Waals surface area contributed by atoms with Crippen LogP contribution in [0.1, 0.15) is 17.7 Å². The number of carbonyl (C=O) groups excluding carboxylic acids is 1. The lowest BCUT2D eigenvalue weighted by Crippen LogP contribution is -2.39. The maximum absolute atomic E-state index is 12.3. The zero-order valence-corrected chi connectivity index (χ0v) is 17.5. The molecule has 3 rings (SSSR count). The van der Waals surface area contributed by atoms with E-state index >= 15 is 0 Å². The van der Waals surface area contributed by atoms with Crippen LogP contribution < -0.4 is 20.7 Å². The van der Waals surface area contributed by atoms with Gasteiger partial charge in [0, 0.05) is 24.0 Å². The minimum atomic E-state index is -0.418. The van der Waals surface area contributed by atoms with Crippen molar-refractivity contribution in [3.05, 3.63) is 40.3 Å². The van der Waals surface area contributed by atoms with Crippen LogP contribution in [-0.2, 0) is 4.74 Å². The van der Waals surface area contributed by atoms with Crippen molar-refractivity contribution >= 4 is 33.5 Å². The van der Waals surface area contributed by atoms with Crippen LogP contribution in [0.4, 0.5) is 16.3 Å². The van der Waals surface area contributed by atoms with Gasteiger partial charge in [0.15, 0.2) is 5.82 Å². The third kappa shape index (κ3) is 5.88. The van der Waals surface area contributed by atoms with Gasteiger partial charge in [0.2, 0.25) is 0 Å². The fourth-order valence-corrected chi connectivity index (χ4v) is 3.05. The molecule has 2 heterocycles. The predicted octanol–water partition coefficient (Wildman–Crippen LogP) is 3.26. The van der Waals surface area contributed by atoms with Crippen LogP contribution >= 0.6 is 15.9 Å². The molecule has 0 bridgehead atoms. The Morgan fingerprint density at radius 2 is 2.18 bits per heavy atom. The quantitative estimate of drug-likeness (QED) is 0.625. The standard InChI is InChI=1S/C19H24BrN5O3/c1-12-7-17(28-5-3-14-10-21-4-6-27-14)16(8-15(12)20)24-19(26)25-18-11-22-13(2)9-23-18/h7-9,11,14,21H,3-6,10H2,1-2H3,(H2,23,24,25,26). The van der Waals surface area contributed by atoms with Crippen LogP contribution in [0.5, 0.6) is 5.75 Å². The number of ether oxygens (including phenoxy) is 2. The maximum Gasteiger partial charge on any atom is 0.325 e. The zero-order valence-electron chi connectivity index (χ0n) is 15.9. The summed E-state index contributed by atoms with van der Waals surface area (Å²) in [5, 5.41) is 8.78. The van der Waals surface area contributed by atoms with Crippen molar-refractivity contribution in [1.29, 1.82) is 0 Å². The number of carbonyl (C=O) groups is 1. The van der Waals surface area contributed by atoms with Crippen LogP contribution in [0.15, 0.2) is 29.0 Å². The van der Waals surface area contributed by atoms with Crippen LogP contribution in [0.2, 0.25) is 0 Å². The number of anilines is 2. The van der Waals surface area contributed by atoms with Gasteiger partial charge in [-0.15, -0.1) is 0 Å². The third-order valence-corrected chi connectivity index (χ3v) is 5.09. The Bertz CT molecular complexity index is 810. The first-order valence-electron chi connectivity index (χ1n) is 9.13. The van der Waals surface area contributed by atoms with E-state index in [0.717, 1.165) is 41.8 Å². The van der Waals surface area contributed by atoms with Crippen molar-refractivity contribution in [3.63, 3.8) is 0 Å². The molecular formula is C19H24BrN5O3. The number of aromatic nitrogens is 2. The molecular weight excluding hydrogens is 426 g/mol. The summed E-state index contributed by atoms with van der Waals surface area (Å²) in [4.78, 5) is 20.6. The monoisotopic (exact) mass is 449 g/mol. The van der Waals surface area contributed by atoms with E-state index in [1.165, 1.54) is 6.20 Å². The van der Waals surface area contributed by atoms with E-state index in [-0.39, 0.29) is 6.10 Å². The lowest BCUT2D eigenvalue weighted by atomic mass is 10.2. The van der Waals surface area contributed by atoms with Gasteiger partial charge in [-0.25, -0.2) is 9.78 Å². The van der Waals surface area contributed by atoms with Crippen LogP contribution in [0, 0.1) is 13.8 Å². The first-order chi connectivity index (χ1) is 13.5. The highest BCUT2D eigenvalue weighted by Gasteiger charge is 2.15. The van der Waals surface area contributed by atoms with Gasteiger partial charge < -0.3 is 20.1 Å². The predicted molar refractivity (Wildman–Crippen MR) is 111 cm³/mol. The van der Waals surface area contributed by atoms with Gasteiger partial charge in [-0.1, -0.05) is 15.9 Å². The van der Waals surface area contributed by atoms with Gasteiger partial charge in [-0.2, -0.15) is 0 Å². The van der Waals surface area contributed by atoms with Gasteiger partial charge in [0.05, 0.1) is 43.1 Å². The maximum atomic E-state index is 12.3. The Labute approximate surface area is 172 Å². The van der Waals surface area contributed by atoms with Gasteiger partial charge in [-0.05, 0) is 31.5 Å². The Morgan fingerprint density at radius 1 is 1.32 bits per heavy atom. The normalized spacial score (nSPS) is 16.5. The van der Waals surface area contributed by atoms with Crippen LogP contribution in [0.25, 0.3) is 0 Å². The van der Waals surface area contributed by atoms with E-state index in [4.69, 9.17) is 9.47 Å². The van der Waals surface area contributed by atoms with E-state index in [0.29, 0.717) is 23.9 Å². The summed E-state index contributed by atoms with van der Waals surface area (Å²) in [6.07, 6.45) is 4.02. The van der Waals surface area contributed by atoms with Gasteiger partial charge in [0.1, 0.15) is 5.75 Å². The van der Waals surface area contributed by atoms with E-state index in [9.17, 15) is 4.79 Å². The van der Waals surface area contributed by atoms with E-state index < -0.39 is 6.03 Å². The van der Waals surface area contributed by atoms with Gasteiger partial charge in [0.25, 0.3) is 0 Å². The number of hydrogen-bond donors (Lipinski definition) is 3. The smallest absolute Gasteiger partial charge is 0.325 e. The summed E-state index contributed by atoms with van der Waals surface area (Å²) < 4.78 is 12.5. The molecule has 1 aromatic carbocycles. The molecule has 2 aromatic rings. The molecule has 3 N–H and O–H groups in total.